The van der Waals surface area contributed by atoms with Crippen molar-refractivity contribution >= 4 is 5.91 Å². The number of rotatable bonds is 4. The molecular weight excluding hydrogens is 296 g/mol. The number of aromatic nitrogens is 3. The predicted octanol–water partition coefficient (Wildman–Crippen LogP) is 1.69. The van der Waals surface area contributed by atoms with Crippen LogP contribution < -0.4 is 4.74 Å². The molecule has 0 spiro atoms. The minimum Gasteiger partial charge on any atom is -0.471 e. The van der Waals surface area contributed by atoms with E-state index < -0.39 is 0 Å². The van der Waals surface area contributed by atoms with Gasteiger partial charge in [0.1, 0.15) is 11.9 Å². The van der Waals surface area contributed by atoms with Crippen molar-refractivity contribution in [1.29, 1.82) is 0 Å². The summed E-state index contributed by atoms with van der Waals surface area (Å²) in [5.74, 6) is 1.28. The zero-order valence-electron chi connectivity index (χ0n) is 13.4. The highest BCUT2D eigenvalue weighted by atomic mass is 16.5. The Hall–Kier alpha value is -2.44. The maximum atomic E-state index is 12.5. The zero-order chi connectivity index (χ0) is 16.2. The molecule has 0 aliphatic carbocycles. The van der Waals surface area contributed by atoms with E-state index in [2.05, 4.69) is 15.1 Å². The molecule has 23 heavy (non-hydrogen) atoms. The fourth-order valence-electron chi connectivity index (χ4n) is 2.80. The quantitative estimate of drug-likeness (QED) is 0.854. The average Bonchev–Trinajstić information content (AvgIpc) is 2.88. The maximum absolute atomic E-state index is 12.5. The normalized spacial score (nSPS) is 18.0. The lowest BCUT2D eigenvalue weighted by Gasteiger charge is -2.32. The number of amides is 1. The highest BCUT2D eigenvalue weighted by Crippen LogP contribution is 2.19. The second-order valence-electron chi connectivity index (χ2n) is 5.74. The average molecular weight is 316 g/mol. The summed E-state index contributed by atoms with van der Waals surface area (Å²) in [5, 5.41) is 3.90. The highest BCUT2D eigenvalue weighted by Gasteiger charge is 2.26. The summed E-state index contributed by atoms with van der Waals surface area (Å²) >= 11 is 0. The van der Waals surface area contributed by atoms with E-state index in [1.54, 1.807) is 18.6 Å². The molecule has 0 aromatic carbocycles. The van der Waals surface area contributed by atoms with Gasteiger partial charge in [-0.1, -0.05) is 5.16 Å². The molecule has 2 aromatic heterocycles. The first-order valence-electron chi connectivity index (χ1n) is 7.75. The molecular formula is C16H20N4O3. The maximum Gasteiger partial charge on any atom is 0.232 e. The Morgan fingerprint density at radius 1 is 1.43 bits per heavy atom. The van der Waals surface area contributed by atoms with Gasteiger partial charge in [-0.3, -0.25) is 9.78 Å². The van der Waals surface area contributed by atoms with Gasteiger partial charge in [-0.15, -0.1) is 0 Å². The van der Waals surface area contributed by atoms with Crippen LogP contribution in [0.3, 0.4) is 0 Å². The lowest BCUT2D eigenvalue weighted by molar-refractivity contribution is -0.133. The van der Waals surface area contributed by atoms with Crippen LogP contribution in [-0.2, 0) is 11.2 Å². The minimum atomic E-state index is -0.0472. The standard InChI is InChI=1S/C16H20N4O3/c1-11-14(12(2)23-19-11)8-16(21)20-7-3-4-13(10-20)22-15-9-17-5-6-18-15/h5-6,9,13H,3-4,7-8,10H2,1-2H3/t13-/m1/s1. The Morgan fingerprint density at radius 3 is 3.00 bits per heavy atom. The number of carbonyl (C=O) groups excluding carboxylic acids is 1. The molecule has 3 heterocycles. The van der Waals surface area contributed by atoms with Gasteiger partial charge in [-0.05, 0) is 26.7 Å². The summed E-state index contributed by atoms with van der Waals surface area (Å²) in [4.78, 5) is 22.5. The van der Waals surface area contributed by atoms with E-state index in [0.29, 0.717) is 24.6 Å². The summed E-state index contributed by atoms with van der Waals surface area (Å²) in [5.41, 5.74) is 1.66. The van der Waals surface area contributed by atoms with Crippen molar-refractivity contribution in [3.05, 3.63) is 35.6 Å². The Balaban J connectivity index is 1.61. The topological polar surface area (TPSA) is 81.4 Å². The fourth-order valence-corrected chi connectivity index (χ4v) is 2.80. The van der Waals surface area contributed by atoms with E-state index in [9.17, 15) is 4.79 Å². The van der Waals surface area contributed by atoms with Crippen LogP contribution in [0.2, 0.25) is 0 Å². The van der Waals surface area contributed by atoms with Crippen LogP contribution in [0.5, 0.6) is 5.88 Å². The second kappa shape index (κ2) is 6.76. The largest absolute Gasteiger partial charge is 0.471 e. The molecule has 0 bridgehead atoms. The Labute approximate surface area is 134 Å². The predicted molar refractivity (Wildman–Crippen MR) is 81.9 cm³/mol. The van der Waals surface area contributed by atoms with Crippen molar-refractivity contribution < 1.29 is 14.1 Å². The van der Waals surface area contributed by atoms with E-state index in [4.69, 9.17) is 9.26 Å². The van der Waals surface area contributed by atoms with Crippen molar-refractivity contribution in [2.75, 3.05) is 13.1 Å². The smallest absolute Gasteiger partial charge is 0.232 e. The monoisotopic (exact) mass is 316 g/mol. The summed E-state index contributed by atoms with van der Waals surface area (Å²) < 4.78 is 10.9. The van der Waals surface area contributed by atoms with Crippen molar-refractivity contribution in [3.8, 4) is 5.88 Å². The highest BCUT2D eigenvalue weighted by molar-refractivity contribution is 5.79. The number of nitrogens with zero attached hydrogens (tertiary/aromatic N) is 4. The van der Waals surface area contributed by atoms with Gasteiger partial charge in [0.25, 0.3) is 0 Å². The van der Waals surface area contributed by atoms with Crippen LogP contribution in [0.1, 0.15) is 29.9 Å². The molecule has 1 aliphatic heterocycles. The van der Waals surface area contributed by atoms with E-state index in [1.807, 2.05) is 18.7 Å². The Morgan fingerprint density at radius 2 is 2.30 bits per heavy atom. The van der Waals surface area contributed by atoms with E-state index in [1.165, 1.54) is 0 Å². The molecule has 1 fully saturated rings. The van der Waals surface area contributed by atoms with Gasteiger partial charge in [-0.2, -0.15) is 0 Å². The molecule has 0 radical (unpaired) electrons. The number of likely N-dealkylation sites (tertiary alicyclic amines) is 1. The van der Waals surface area contributed by atoms with Crippen molar-refractivity contribution in [2.24, 2.45) is 0 Å². The molecule has 3 rings (SSSR count). The van der Waals surface area contributed by atoms with Crippen molar-refractivity contribution in [2.45, 2.75) is 39.2 Å². The number of hydrogen-bond donors (Lipinski definition) is 0. The van der Waals surface area contributed by atoms with Crippen LogP contribution in [0, 0.1) is 13.8 Å². The zero-order valence-corrected chi connectivity index (χ0v) is 13.4. The Bertz CT molecular complexity index is 652. The molecule has 0 unspecified atom stereocenters. The van der Waals surface area contributed by atoms with Gasteiger partial charge in [-0.25, -0.2) is 4.98 Å². The number of ether oxygens (including phenoxy) is 1. The van der Waals surface area contributed by atoms with Gasteiger partial charge in [0.2, 0.25) is 11.8 Å². The van der Waals surface area contributed by atoms with Crippen LogP contribution in [0.15, 0.2) is 23.1 Å². The van der Waals surface area contributed by atoms with Crippen LogP contribution in [0.25, 0.3) is 0 Å². The third-order valence-corrected chi connectivity index (χ3v) is 4.07. The first-order valence-corrected chi connectivity index (χ1v) is 7.75. The summed E-state index contributed by atoms with van der Waals surface area (Å²) in [7, 11) is 0. The lowest BCUT2D eigenvalue weighted by atomic mass is 10.1. The molecule has 7 heteroatoms. The van der Waals surface area contributed by atoms with Gasteiger partial charge < -0.3 is 14.2 Å². The molecule has 1 amide bonds. The summed E-state index contributed by atoms with van der Waals surface area (Å²) in [6, 6.07) is 0. The molecule has 122 valence electrons. The van der Waals surface area contributed by atoms with Crippen molar-refractivity contribution in [1.82, 2.24) is 20.0 Å². The van der Waals surface area contributed by atoms with Crippen LogP contribution >= 0.6 is 0 Å². The summed E-state index contributed by atoms with van der Waals surface area (Å²) in [6.45, 7) is 5.01. The SMILES string of the molecule is Cc1noc(C)c1CC(=O)N1CCC[C@@H](Oc2cnccn2)C1. The van der Waals surface area contributed by atoms with E-state index >= 15 is 0 Å². The number of carbonyl (C=O) groups is 1. The number of aryl methyl sites for hydroxylation is 2. The second-order valence-corrected chi connectivity index (χ2v) is 5.74. The van der Waals surface area contributed by atoms with E-state index in [0.717, 1.165) is 30.6 Å². The molecule has 7 nitrogen and oxygen atoms in total. The molecule has 0 saturated carbocycles. The van der Waals surface area contributed by atoms with Gasteiger partial charge >= 0.3 is 0 Å². The third kappa shape index (κ3) is 3.67. The minimum absolute atomic E-state index is 0.0472. The van der Waals surface area contributed by atoms with Crippen LogP contribution in [-0.4, -0.2) is 45.1 Å². The first-order chi connectivity index (χ1) is 11.1. The fraction of sp³-hybridized carbons (Fsp3) is 0.500. The molecule has 1 atom stereocenters. The van der Waals surface area contributed by atoms with Gasteiger partial charge in [0, 0.05) is 24.5 Å². The van der Waals surface area contributed by atoms with E-state index in [-0.39, 0.29) is 12.0 Å². The molecule has 2 aromatic rings. The molecule has 0 N–H and O–H groups in total. The molecule has 1 aliphatic rings. The third-order valence-electron chi connectivity index (χ3n) is 4.07. The number of piperidine rings is 1. The van der Waals surface area contributed by atoms with Gasteiger partial charge in [0.05, 0.1) is 24.9 Å². The van der Waals surface area contributed by atoms with Crippen molar-refractivity contribution in [3.63, 3.8) is 0 Å². The summed E-state index contributed by atoms with van der Waals surface area (Å²) in [6.07, 6.45) is 6.88. The Kier molecular flexibility index (Phi) is 4.55. The molecule has 1 saturated heterocycles. The first kappa shape index (κ1) is 15.5. The van der Waals surface area contributed by atoms with Crippen LogP contribution in [0.4, 0.5) is 0 Å². The lowest BCUT2D eigenvalue weighted by Crippen LogP contribution is -2.45. The van der Waals surface area contributed by atoms with Gasteiger partial charge in [0.15, 0.2) is 0 Å². The number of hydrogen-bond acceptors (Lipinski definition) is 6.